The maximum absolute atomic E-state index is 10.8. The molecule has 1 aromatic carbocycles. The van der Waals surface area contributed by atoms with Crippen molar-refractivity contribution in [2.75, 3.05) is 26.8 Å². The third kappa shape index (κ3) is 5.28. The van der Waals surface area contributed by atoms with Crippen LogP contribution in [0, 0.1) is 10.1 Å². The molecule has 0 saturated carbocycles. The van der Waals surface area contributed by atoms with Crippen LogP contribution in [0.25, 0.3) is 6.08 Å². The van der Waals surface area contributed by atoms with Crippen molar-refractivity contribution in [3.63, 3.8) is 0 Å². The maximum atomic E-state index is 10.8. The summed E-state index contributed by atoms with van der Waals surface area (Å²) in [4.78, 5) is 10.4. The number of ether oxygens (including phenoxy) is 1. The van der Waals surface area contributed by atoms with Crippen LogP contribution in [-0.2, 0) is 4.74 Å². The van der Waals surface area contributed by atoms with Gasteiger partial charge in [0, 0.05) is 26.3 Å². The molecule has 0 radical (unpaired) electrons. The minimum atomic E-state index is -0.470. The molecule has 0 unspecified atom stereocenters. The molecule has 1 rings (SSSR count). The average Bonchev–Trinajstić information content (AvgIpc) is 2.43. The largest absolute Gasteiger partial charge is 0.383 e. The predicted octanol–water partition coefficient (Wildman–Crippen LogP) is 3.28. The first kappa shape index (κ1) is 16.6. The Bertz CT molecular complexity index is 489. The fraction of sp³-hybridized carbons (Fsp3) is 0.429. The van der Waals surface area contributed by atoms with Gasteiger partial charge in [-0.05, 0) is 18.1 Å². The van der Waals surface area contributed by atoms with Crippen LogP contribution in [0.1, 0.15) is 18.9 Å². The molecule has 0 saturated heterocycles. The summed E-state index contributed by atoms with van der Waals surface area (Å²) in [5.74, 6) is 0. The van der Waals surface area contributed by atoms with Gasteiger partial charge in [-0.3, -0.25) is 10.1 Å². The minimum Gasteiger partial charge on any atom is -0.383 e. The van der Waals surface area contributed by atoms with Crippen molar-refractivity contribution < 1.29 is 9.66 Å². The van der Waals surface area contributed by atoms with Crippen LogP contribution in [-0.4, -0.2) is 31.7 Å². The second kappa shape index (κ2) is 8.68. The van der Waals surface area contributed by atoms with Gasteiger partial charge >= 0.3 is 0 Å². The lowest BCUT2D eigenvalue weighted by Gasteiger charge is -2.07. The SMILES string of the molecule is CCC(=Cc1ccc(Cl)c([N+](=O)[O-])c1)CNCCOC. The fourth-order valence-corrected chi connectivity index (χ4v) is 1.88. The Balaban J connectivity index is 2.79. The van der Waals surface area contributed by atoms with Crippen molar-refractivity contribution >= 4 is 23.4 Å². The number of halogens is 1. The highest BCUT2D eigenvalue weighted by Crippen LogP contribution is 2.26. The zero-order valence-electron chi connectivity index (χ0n) is 11.7. The van der Waals surface area contributed by atoms with Crippen molar-refractivity contribution in [2.45, 2.75) is 13.3 Å². The summed E-state index contributed by atoms with van der Waals surface area (Å²) >= 11 is 5.79. The standard InChI is InChI=1S/C14H19ClN2O3/c1-3-11(10-16-6-7-20-2)8-12-4-5-13(15)14(9-12)17(18)19/h4-5,8-9,16H,3,6-7,10H2,1-2H3. The Kier molecular flexibility index (Phi) is 7.22. The number of nitrogens with zero attached hydrogens (tertiary/aromatic N) is 1. The van der Waals surface area contributed by atoms with E-state index in [2.05, 4.69) is 5.32 Å². The molecule has 1 aromatic rings. The van der Waals surface area contributed by atoms with Crippen LogP contribution < -0.4 is 5.32 Å². The average molecular weight is 299 g/mol. The molecule has 0 bridgehead atoms. The highest BCUT2D eigenvalue weighted by Gasteiger charge is 2.11. The molecule has 0 aliphatic heterocycles. The van der Waals surface area contributed by atoms with Gasteiger partial charge in [-0.2, -0.15) is 0 Å². The van der Waals surface area contributed by atoms with E-state index < -0.39 is 4.92 Å². The van der Waals surface area contributed by atoms with E-state index >= 15 is 0 Å². The highest BCUT2D eigenvalue weighted by atomic mass is 35.5. The Morgan fingerprint density at radius 1 is 1.55 bits per heavy atom. The van der Waals surface area contributed by atoms with Crippen LogP contribution in [0.4, 0.5) is 5.69 Å². The number of hydrogen-bond donors (Lipinski definition) is 1. The van der Waals surface area contributed by atoms with Crippen LogP contribution in [0.5, 0.6) is 0 Å². The summed E-state index contributed by atoms with van der Waals surface area (Å²) in [7, 11) is 1.66. The summed E-state index contributed by atoms with van der Waals surface area (Å²) in [5.41, 5.74) is 1.88. The van der Waals surface area contributed by atoms with E-state index in [1.807, 2.05) is 13.0 Å². The van der Waals surface area contributed by atoms with Gasteiger partial charge < -0.3 is 10.1 Å². The number of methoxy groups -OCH3 is 1. The summed E-state index contributed by atoms with van der Waals surface area (Å²) in [6, 6.07) is 4.82. The number of nitro benzene ring substituents is 1. The van der Waals surface area contributed by atoms with Gasteiger partial charge in [0.1, 0.15) is 5.02 Å². The first-order valence-electron chi connectivity index (χ1n) is 6.41. The molecule has 5 nitrogen and oxygen atoms in total. The quantitative estimate of drug-likeness (QED) is 0.454. The molecule has 6 heteroatoms. The Hall–Kier alpha value is -1.43. The molecule has 0 aliphatic rings. The molecule has 0 heterocycles. The molecule has 0 amide bonds. The molecule has 110 valence electrons. The third-order valence-electron chi connectivity index (χ3n) is 2.83. The van der Waals surface area contributed by atoms with E-state index in [9.17, 15) is 10.1 Å². The van der Waals surface area contributed by atoms with E-state index in [1.165, 1.54) is 6.07 Å². The normalized spacial score (nSPS) is 11.7. The van der Waals surface area contributed by atoms with Gasteiger partial charge in [0.15, 0.2) is 0 Å². The van der Waals surface area contributed by atoms with E-state index in [-0.39, 0.29) is 10.7 Å². The highest BCUT2D eigenvalue weighted by molar-refractivity contribution is 6.32. The molecule has 0 spiro atoms. The van der Waals surface area contributed by atoms with Gasteiger partial charge in [-0.25, -0.2) is 0 Å². The van der Waals surface area contributed by atoms with Gasteiger partial charge in [-0.1, -0.05) is 36.2 Å². The summed E-state index contributed by atoms with van der Waals surface area (Å²) in [5, 5.41) is 14.3. The van der Waals surface area contributed by atoms with Gasteiger partial charge in [0.05, 0.1) is 11.5 Å². The zero-order chi connectivity index (χ0) is 15.0. The Morgan fingerprint density at radius 3 is 2.90 bits per heavy atom. The molecule has 0 atom stereocenters. The zero-order valence-corrected chi connectivity index (χ0v) is 12.4. The fourth-order valence-electron chi connectivity index (χ4n) is 1.70. The Morgan fingerprint density at radius 2 is 2.30 bits per heavy atom. The molecule has 0 fully saturated rings. The lowest BCUT2D eigenvalue weighted by Crippen LogP contribution is -2.21. The third-order valence-corrected chi connectivity index (χ3v) is 3.15. The lowest BCUT2D eigenvalue weighted by molar-refractivity contribution is -0.384. The van der Waals surface area contributed by atoms with Crippen LogP contribution in [0.15, 0.2) is 23.8 Å². The molecule has 20 heavy (non-hydrogen) atoms. The van der Waals surface area contributed by atoms with Crippen molar-refractivity contribution in [3.8, 4) is 0 Å². The smallest absolute Gasteiger partial charge is 0.288 e. The maximum Gasteiger partial charge on any atom is 0.288 e. The van der Waals surface area contributed by atoms with E-state index in [4.69, 9.17) is 16.3 Å². The molecule has 0 aromatic heterocycles. The van der Waals surface area contributed by atoms with E-state index in [0.717, 1.165) is 30.6 Å². The number of rotatable bonds is 8. The second-order valence-electron chi connectivity index (χ2n) is 4.29. The number of nitro groups is 1. The lowest BCUT2D eigenvalue weighted by atomic mass is 10.1. The summed E-state index contributed by atoms with van der Waals surface area (Å²) in [6.45, 7) is 4.21. The Labute approximate surface area is 123 Å². The molecular weight excluding hydrogens is 280 g/mol. The number of nitrogens with one attached hydrogen (secondary N) is 1. The summed E-state index contributed by atoms with van der Waals surface area (Å²) < 4.78 is 4.96. The van der Waals surface area contributed by atoms with Gasteiger partial charge in [0.2, 0.25) is 0 Å². The topological polar surface area (TPSA) is 64.4 Å². The van der Waals surface area contributed by atoms with Gasteiger partial charge in [-0.15, -0.1) is 0 Å². The first-order valence-corrected chi connectivity index (χ1v) is 6.79. The number of benzene rings is 1. The predicted molar refractivity (Wildman–Crippen MR) is 81.1 cm³/mol. The van der Waals surface area contributed by atoms with Crippen molar-refractivity contribution in [2.24, 2.45) is 0 Å². The molecule has 1 N–H and O–H groups in total. The summed E-state index contributed by atoms with van der Waals surface area (Å²) in [6.07, 6.45) is 2.82. The van der Waals surface area contributed by atoms with E-state index in [0.29, 0.717) is 6.61 Å². The second-order valence-corrected chi connectivity index (χ2v) is 4.70. The van der Waals surface area contributed by atoms with Crippen molar-refractivity contribution in [1.29, 1.82) is 0 Å². The van der Waals surface area contributed by atoms with Gasteiger partial charge in [0.25, 0.3) is 5.69 Å². The van der Waals surface area contributed by atoms with Crippen molar-refractivity contribution in [3.05, 3.63) is 44.5 Å². The first-order chi connectivity index (χ1) is 9.58. The van der Waals surface area contributed by atoms with Crippen LogP contribution in [0.2, 0.25) is 5.02 Å². The van der Waals surface area contributed by atoms with E-state index in [1.54, 1.807) is 19.2 Å². The minimum absolute atomic E-state index is 0.0665. The molecule has 0 aliphatic carbocycles. The monoisotopic (exact) mass is 298 g/mol. The van der Waals surface area contributed by atoms with Crippen molar-refractivity contribution in [1.82, 2.24) is 5.32 Å². The number of hydrogen-bond acceptors (Lipinski definition) is 4. The van der Waals surface area contributed by atoms with Crippen LogP contribution >= 0.6 is 11.6 Å². The van der Waals surface area contributed by atoms with Crippen LogP contribution in [0.3, 0.4) is 0 Å². The molecular formula is C14H19ClN2O3.